The zero-order valence-electron chi connectivity index (χ0n) is 25.9. The summed E-state index contributed by atoms with van der Waals surface area (Å²) in [4.78, 5) is 78.6. The lowest BCUT2D eigenvalue weighted by molar-refractivity contribution is -0.160. The first-order valence-corrected chi connectivity index (χ1v) is 16.8. The van der Waals surface area contributed by atoms with Gasteiger partial charge in [-0.25, -0.2) is 9.59 Å². The monoisotopic (exact) mass is 698 g/mol. The Labute approximate surface area is 283 Å². The number of rotatable bonds is 17. The normalized spacial score (nSPS) is 21.1. The molecular formula is C32H34N4O10S2. The Hall–Kier alpha value is -4.96. The van der Waals surface area contributed by atoms with Crippen molar-refractivity contribution in [2.75, 3.05) is 13.2 Å². The van der Waals surface area contributed by atoms with Crippen LogP contribution in [0, 0.1) is 0 Å². The number of carboxylic acid groups (broad SMARTS) is 2. The molecule has 16 heteroatoms. The molecule has 2 aliphatic rings. The fourth-order valence-corrected chi connectivity index (χ4v) is 8.36. The van der Waals surface area contributed by atoms with E-state index < -0.39 is 83.7 Å². The summed E-state index contributed by atoms with van der Waals surface area (Å²) >= 11 is 0. The van der Waals surface area contributed by atoms with Gasteiger partial charge in [0.05, 0.1) is 0 Å². The summed E-state index contributed by atoms with van der Waals surface area (Å²) in [7, 11) is 1.87. The van der Waals surface area contributed by atoms with Crippen molar-refractivity contribution in [1.29, 1.82) is 0 Å². The van der Waals surface area contributed by atoms with Crippen LogP contribution in [-0.2, 0) is 28.8 Å². The van der Waals surface area contributed by atoms with E-state index in [1.54, 1.807) is 60.7 Å². The number of ether oxygens (including phenoxy) is 2. The molecule has 254 valence electrons. The van der Waals surface area contributed by atoms with Crippen LogP contribution in [0.15, 0.2) is 85.0 Å². The predicted octanol–water partition coefficient (Wildman–Crippen LogP) is 1.89. The lowest BCUT2D eigenvalue weighted by Gasteiger charge is -2.52. The van der Waals surface area contributed by atoms with E-state index >= 15 is 0 Å². The maximum Gasteiger partial charge on any atom is 0.330 e. The highest BCUT2D eigenvalue weighted by Crippen LogP contribution is 2.47. The second-order valence-corrected chi connectivity index (χ2v) is 13.4. The first kappa shape index (κ1) is 35.9. The molecule has 0 radical (unpaired) electrons. The molecule has 2 aromatic carbocycles. The number of carbonyl (C=O) groups is 6. The SMILES string of the molecule is C=C(C)C(C(=O)O)N1C(=O)C(NC(=O)COc2ccccc2)C1SSC1C(NC(=O)COc2ccccc2)C(=O)N1C(C(=C)C)C(=O)O. The number of nitrogens with zero attached hydrogens (tertiary/aromatic N) is 2. The molecule has 4 N–H and O–H groups in total. The van der Waals surface area contributed by atoms with Gasteiger partial charge in [0.1, 0.15) is 34.3 Å². The van der Waals surface area contributed by atoms with Gasteiger partial charge in [0.2, 0.25) is 11.8 Å². The van der Waals surface area contributed by atoms with Crippen LogP contribution in [-0.4, -0.2) is 104 Å². The zero-order chi connectivity index (χ0) is 35.1. The molecule has 4 rings (SSSR count). The molecule has 2 fully saturated rings. The minimum Gasteiger partial charge on any atom is -0.484 e. The topological polar surface area (TPSA) is 192 Å². The summed E-state index contributed by atoms with van der Waals surface area (Å²) < 4.78 is 10.9. The molecule has 0 aromatic heterocycles. The maximum atomic E-state index is 13.3. The van der Waals surface area contributed by atoms with Crippen molar-refractivity contribution in [2.24, 2.45) is 0 Å². The van der Waals surface area contributed by atoms with Crippen LogP contribution in [0.2, 0.25) is 0 Å². The molecule has 2 saturated heterocycles. The Balaban J connectivity index is 1.53. The van der Waals surface area contributed by atoms with Gasteiger partial charge in [-0.2, -0.15) is 0 Å². The number of β-lactam (4-membered cyclic amide) rings is 2. The molecule has 2 aromatic rings. The van der Waals surface area contributed by atoms with Crippen molar-refractivity contribution < 1.29 is 48.5 Å². The average Bonchev–Trinajstić information content (AvgIpc) is 3.05. The Morgan fingerprint density at radius 2 is 1.04 bits per heavy atom. The number of carbonyl (C=O) groups excluding carboxylic acids is 4. The highest BCUT2D eigenvalue weighted by Gasteiger charge is 2.57. The summed E-state index contributed by atoms with van der Waals surface area (Å²) in [6, 6.07) is 11.8. The lowest BCUT2D eigenvalue weighted by atomic mass is 9.99. The number of carboxylic acids is 2. The van der Waals surface area contributed by atoms with Crippen molar-refractivity contribution in [3.05, 3.63) is 85.0 Å². The molecule has 14 nitrogen and oxygen atoms in total. The van der Waals surface area contributed by atoms with Gasteiger partial charge in [-0.05, 0) is 49.3 Å². The summed E-state index contributed by atoms with van der Waals surface area (Å²) in [5, 5.41) is 23.0. The second-order valence-electron chi connectivity index (χ2n) is 10.9. The molecule has 0 saturated carbocycles. The van der Waals surface area contributed by atoms with E-state index in [1.165, 1.54) is 13.8 Å². The van der Waals surface area contributed by atoms with Gasteiger partial charge < -0.3 is 40.1 Å². The van der Waals surface area contributed by atoms with Crippen molar-refractivity contribution in [3.8, 4) is 11.5 Å². The van der Waals surface area contributed by atoms with Crippen LogP contribution in [0.3, 0.4) is 0 Å². The Morgan fingerprint density at radius 3 is 1.33 bits per heavy atom. The standard InChI is InChI=1S/C32H34N4O10S2/c1-17(2)25(31(41)42)35-27(39)23(33-21(37)15-45-19-11-7-5-8-12-19)29(35)47-48-30-24(28(40)36(30)26(18(3)4)32(43)44)34-22(38)16-46-20-13-9-6-10-14-20/h5-14,23-26,29-30H,1,3,15-16H2,2,4H3,(H,33,37)(H,34,38)(H,41,42)(H,43,44). The maximum absolute atomic E-state index is 13.3. The van der Waals surface area contributed by atoms with Crippen LogP contribution in [0.4, 0.5) is 0 Å². The van der Waals surface area contributed by atoms with Crippen molar-refractivity contribution in [2.45, 2.75) is 48.8 Å². The van der Waals surface area contributed by atoms with Crippen molar-refractivity contribution in [1.82, 2.24) is 20.4 Å². The van der Waals surface area contributed by atoms with Crippen LogP contribution < -0.4 is 20.1 Å². The number of aliphatic carboxylic acids is 2. The first-order valence-electron chi connectivity index (χ1n) is 14.5. The highest BCUT2D eigenvalue weighted by molar-refractivity contribution is 8.77. The van der Waals surface area contributed by atoms with E-state index in [0.717, 1.165) is 31.4 Å². The van der Waals surface area contributed by atoms with Crippen molar-refractivity contribution >= 4 is 57.2 Å². The number of nitrogens with one attached hydrogen (secondary N) is 2. The second kappa shape index (κ2) is 15.8. The summed E-state index contributed by atoms with van der Waals surface area (Å²) in [6.45, 7) is 9.44. The van der Waals surface area contributed by atoms with Gasteiger partial charge in [-0.1, -0.05) is 71.1 Å². The third-order valence-corrected chi connectivity index (χ3v) is 10.2. The Bertz CT molecular complexity index is 1450. The van der Waals surface area contributed by atoms with E-state index in [1.807, 2.05) is 0 Å². The molecule has 2 heterocycles. The average molecular weight is 699 g/mol. The number of para-hydroxylation sites is 2. The molecule has 4 amide bonds. The third kappa shape index (κ3) is 8.12. The first-order chi connectivity index (χ1) is 22.8. The van der Waals surface area contributed by atoms with E-state index in [-0.39, 0.29) is 11.1 Å². The number of benzene rings is 2. The fraction of sp³-hybridized carbons (Fsp3) is 0.312. The number of likely N-dealkylation sites (tertiary alicyclic amines) is 2. The van der Waals surface area contributed by atoms with Gasteiger partial charge in [-0.15, -0.1) is 0 Å². The molecule has 6 atom stereocenters. The van der Waals surface area contributed by atoms with Crippen LogP contribution in [0.5, 0.6) is 11.5 Å². The van der Waals surface area contributed by atoms with Crippen LogP contribution >= 0.6 is 21.6 Å². The summed E-state index contributed by atoms with van der Waals surface area (Å²) in [5.74, 6) is -4.52. The van der Waals surface area contributed by atoms with Gasteiger partial charge >= 0.3 is 11.9 Å². The molecule has 2 aliphatic heterocycles. The Kier molecular flexibility index (Phi) is 11.8. The lowest BCUT2D eigenvalue weighted by Crippen LogP contribution is -2.74. The Morgan fingerprint density at radius 1 is 0.708 bits per heavy atom. The molecular weight excluding hydrogens is 665 g/mol. The molecule has 6 unspecified atom stereocenters. The number of hydrogen-bond acceptors (Lipinski definition) is 10. The van der Waals surface area contributed by atoms with E-state index in [2.05, 4.69) is 23.8 Å². The largest absolute Gasteiger partial charge is 0.484 e. The summed E-state index contributed by atoms with van der Waals surface area (Å²) in [5.41, 5.74) is 0.307. The van der Waals surface area contributed by atoms with Gasteiger partial charge in [0, 0.05) is 0 Å². The quantitative estimate of drug-likeness (QED) is 0.107. The number of hydrogen-bond donors (Lipinski definition) is 4. The van der Waals surface area contributed by atoms with Gasteiger partial charge in [0.25, 0.3) is 11.8 Å². The molecule has 0 bridgehead atoms. The van der Waals surface area contributed by atoms with E-state index in [4.69, 9.17) is 9.47 Å². The van der Waals surface area contributed by atoms with E-state index in [9.17, 15) is 39.0 Å². The van der Waals surface area contributed by atoms with Crippen molar-refractivity contribution in [3.63, 3.8) is 0 Å². The highest BCUT2D eigenvalue weighted by atomic mass is 33.1. The number of amides is 4. The molecule has 48 heavy (non-hydrogen) atoms. The molecule has 0 spiro atoms. The van der Waals surface area contributed by atoms with E-state index in [0.29, 0.717) is 11.5 Å². The van der Waals surface area contributed by atoms with Crippen LogP contribution in [0.1, 0.15) is 13.8 Å². The van der Waals surface area contributed by atoms with Gasteiger partial charge in [-0.3, -0.25) is 19.2 Å². The summed E-state index contributed by atoms with van der Waals surface area (Å²) in [6.07, 6.45) is 0. The molecule has 0 aliphatic carbocycles. The smallest absolute Gasteiger partial charge is 0.330 e. The minimum absolute atomic E-state index is 0.154. The van der Waals surface area contributed by atoms with Crippen LogP contribution in [0.25, 0.3) is 0 Å². The zero-order valence-corrected chi connectivity index (χ0v) is 27.6. The van der Waals surface area contributed by atoms with Gasteiger partial charge in [0.15, 0.2) is 25.3 Å². The minimum atomic E-state index is -1.43. The predicted molar refractivity (Wildman–Crippen MR) is 177 cm³/mol. The fourth-order valence-electron chi connectivity index (χ4n) is 5.00. The third-order valence-electron chi connectivity index (χ3n) is 7.23.